The monoisotopic (exact) mass is 238 g/mol. The van der Waals surface area contributed by atoms with Crippen LogP contribution in [-0.2, 0) is 4.65 Å². The molecule has 0 radical (unpaired) electrons. The standard InChI is InChI=1S/C9H13B2FN2OS/c12-10-11-15-7-1-6-14-16-9-4-2-8(13)3-5-9/h2-5,14H,1,6-7,13H2. The Balaban J connectivity index is 2.05. The van der Waals surface area contributed by atoms with Crippen molar-refractivity contribution in [3.05, 3.63) is 24.3 Å². The summed E-state index contributed by atoms with van der Waals surface area (Å²) >= 11 is 1.54. The molecular weight excluding hydrogens is 225 g/mol. The van der Waals surface area contributed by atoms with Gasteiger partial charge in [-0.05, 0) is 0 Å². The summed E-state index contributed by atoms with van der Waals surface area (Å²) in [7, 11) is 1.43. The molecule has 0 aliphatic heterocycles. The average Bonchev–Trinajstić information content (AvgIpc) is 2.30. The van der Waals surface area contributed by atoms with Crippen molar-refractivity contribution in [3.63, 3.8) is 0 Å². The Morgan fingerprint density at radius 1 is 1.38 bits per heavy atom. The molecule has 1 rings (SSSR count). The first-order chi connectivity index (χ1) is 7.83. The summed E-state index contributed by atoms with van der Waals surface area (Å²) in [6.45, 7) is 1.31. The van der Waals surface area contributed by atoms with Gasteiger partial charge in [0.1, 0.15) is 0 Å². The predicted octanol–water partition coefficient (Wildman–Crippen LogP) is 1.40. The minimum atomic E-state index is 0.385. The van der Waals surface area contributed by atoms with Gasteiger partial charge in [-0.25, -0.2) is 0 Å². The van der Waals surface area contributed by atoms with Crippen molar-refractivity contribution >= 4 is 31.7 Å². The molecule has 1 aromatic carbocycles. The van der Waals surface area contributed by atoms with Crippen molar-refractivity contribution in [1.29, 1.82) is 0 Å². The molecule has 16 heavy (non-hydrogen) atoms. The Kier molecular flexibility index (Phi) is 6.92. The molecule has 0 heterocycles. The molecule has 0 bridgehead atoms. The van der Waals surface area contributed by atoms with Gasteiger partial charge >= 0.3 is 99.9 Å². The second kappa shape index (κ2) is 8.35. The van der Waals surface area contributed by atoms with Crippen molar-refractivity contribution in [3.8, 4) is 0 Å². The first-order valence-corrected chi connectivity index (χ1v) is 5.76. The quantitative estimate of drug-likeness (QED) is 0.326. The van der Waals surface area contributed by atoms with E-state index in [1.165, 1.54) is 11.9 Å². The molecule has 1 aromatic rings. The summed E-state index contributed by atoms with van der Waals surface area (Å²) in [6, 6.07) is 7.63. The van der Waals surface area contributed by atoms with E-state index in [4.69, 9.17) is 10.4 Å². The van der Waals surface area contributed by atoms with Crippen LogP contribution < -0.4 is 10.5 Å². The summed E-state index contributed by atoms with van der Waals surface area (Å²) in [5, 5.41) is 0. The molecule has 3 nitrogen and oxygen atoms in total. The molecule has 0 saturated carbocycles. The van der Waals surface area contributed by atoms with E-state index in [-0.39, 0.29) is 0 Å². The molecule has 0 atom stereocenters. The predicted molar refractivity (Wildman–Crippen MR) is 67.9 cm³/mol. The fourth-order valence-corrected chi connectivity index (χ4v) is 1.69. The number of nitrogens with two attached hydrogens (primary N) is 1. The Labute approximate surface area is 100 Å². The second-order valence-corrected chi connectivity index (χ2v) is 4.02. The van der Waals surface area contributed by atoms with Crippen LogP contribution in [0.25, 0.3) is 0 Å². The van der Waals surface area contributed by atoms with Gasteiger partial charge in [-0.1, -0.05) is 0 Å². The fourth-order valence-electron chi connectivity index (χ4n) is 1.00. The third-order valence-corrected chi connectivity index (χ3v) is 2.62. The summed E-state index contributed by atoms with van der Waals surface area (Å²) < 4.78 is 19.5. The molecular formula is C9H13B2FN2OS. The van der Waals surface area contributed by atoms with Crippen molar-refractivity contribution in [2.24, 2.45) is 0 Å². The van der Waals surface area contributed by atoms with Gasteiger partial charge in [0.15, 0.2) is 0 Å². The molecule has 0 saturated heterocycles. The number of rotatable bonds is 7. The third kappa shape index (κ3) is 5.92. The fraction of sp³-hybridized carbons (Fsp3) is 0.333. The SMILES string of the molecule is Nc1ccc(SNCCCOB=BF)cc1. The number of benzene rings is 1. The molecule has 0 unspecified atom stereocenters. The summed E-state index contributed by atoms with van der Waals surface area (Å²) in [4.78, 5) is 1.11. The molecule has 0 fully saturated rings. The van der Waals surface area contributed by atoms with Gasteiger partial charge in [0.05, 0.1) is 0 Å². The second-order valence-electron chi connectivity index (χ2n) is 3.05. The Bertz CT molecular complexity index is 324. The van der Waals surface area contributed by atoms with Crippen LogP contribution in [0, 0.1) is 0 Å². The van der Waals surface area contributed by atoms with Gasteiger partial charge in [0.2, 0.25) is 0 Å². The van der Waals surface area contributed by atoms with Crippen LogP contribution in [-0.4, -0.2) is 27.2 Å². The van der Waals surface area contributed by atoms with Gasteiger partial charge in [-0.2, -0.15) is 0 Å². The number of halogens is 1. The molecule has 0 aliphatic rings. The first-order valence-electron chi connectivity index (χ1n) is 4.95. The van der Waals surface area contributed by atoms with Gasteiger partial charge < -0.3 is 0 Å². The third-order valence-electron chi connectivity index (χ3n) is 1.76. The number of hydrogen-bond acceptors (Lipinski definition) is 4. The van der Waals surface area contributed by atoms with Crippen LogP contribution in [0.1, 0.15) is 6.42 Å². The molecule has 0 aliphatic carbocycles. The van der Waals surface area contributed by atoms with E-state index in [0.29, 0.717) is 13.7 Å². The van der Waals surface area contributed by atoms with Crippen molar-refractivity contribution in [2.45, 2.75) is 11.3 Å². The summed E-state index contributed by atoms with van der Waals surface area (Å²) in [5.74, 6) is 0. The van der Waals surface area contributed by atoms with E-state index >= 15 is 0 Å². The van der Waals surface area contributed by atoms with E-state index in [1.807, 2.05) is 24.3 Å². The molecule has 3 N–H and O–H groups in total. The van der Waals surface area contributed by atoms with Crippen LogP contribution in [0.4, 0.5) is 10.0 Å². The maximum absolute atomic E-state index is 11.5. The van der Waals surface area contributed by atoms with E-state index in [2.05, 4.69) is 4.72 Å². The number of nitrogen functional groups attached to an aromatic ring is 1. The average molecular weight is 238 g/mol. The Hall–Kier alpha value is -0.810. The van der Waals surface area contributed by atoms with Gasteiger partial charge in [-0.15, -0.1) is 0 Å². The molecule has 0 amide bonds. The van der Waals surface area contributed by atoms with Crippen LogP contribution in [0.2, 0.25) is 0 Å². The number of nitrogens with one attached hydrogen (secondary N) is 1. The minimum absolute atomic E-state index is 0.385. The van der Waals surface area contributed by atoms with E-state index in [9.17, 15) is 4.32 Å². The van der Waals surface area contributed by atoms with Crippen molar-refractivity contribution in [1.82, 2.24) is 4.72 Å². The summed E-state index contributed by atoms with van der Waals surface area (Å²) in [6.07, 6.45) is 0.826. The molecule has 7 heteroatoms. The topological polar surface area (TPSA) is 47.3 Å². The van der Waals surface area contributed by atoms with Gasteiger partial charge in [0, 0.05) is 0 Å². The molecule has 0 aromatic heterocycles. The normalized spacial score (nSPS) is 9.81. The van der Waals surface area contributed by atoms with Gasteiger partial charge in [0.25, 0.3) is 0 Å². The zero-order valence-corrected chi connectivity index (χ0v) is 9.67. The van der Waals surface area contributed by atoms with E-state index < -0.39 is 0 Å². The van der Waals surface area contributed by atoms with E-state index in [0.717, 1.165) is 30.6 Å². The van der Waals surface area contributed by atoms with Crippen LogP contribution in [0.3, 0.4) is 0 Å². The molecule has 84 valence electrons. The Morgan fingerprint density at radius 3 is 2.81 bits per heavy atom. The van der Waals surface area contributed by atoms with Gasteiger partial charge in [-0.3, -0.25) is 0 Å². The van der Waals surface area contributed by atoms with Crippen LogP contribution in [0.5, 0.6) is 0 Å². The number of anilines is 1. The summed E-state index contributed by atoms with van der Waals surface area (Å²) in [5.41, 5.74) is 6.33. The van der Waals surface area contributed by atoms with Crippen LogP contribution in [0.15, 0.2) is 29.2 Å². The number of hydrogen-bond donors (Lipinski definition) is 2. The van der Waals surface area contributed by atoms with Crippen LogP contribution >= 0.6 is 11.9 Å². The zero-order chi connectivity index (χ0) is 11.6. The first kappa shape index (κ1) is 13.3. The Morgan fingerprint density at radius 2 is 2.12 bits per heavy atom. The van der Waals surface area contributed by atoms with Crippen molar-refractivity contribution < 1.29 is 8.97 Å². The zero-order valence-electron chi connectivity index (χ0n) is 8.86. The van der Waals surface area contributed by atoms with E-state index in [1.54, 1.807) is 0 Å². The maximum atomic E-state index is 11.5. The molecule has 0 spiro atoms. The van der Waals surface area contributed by atoms with Crippen molar-refractivity contribution in [2.75, 3.05) is 18.9 Å².